The van der Waals surface area contributed by atoms with Crippen molar-refractivity contribution in [3.63, 3.8) is 0 Å². The first-order valence-corrected chi connectivity index (χ1v) is 6.61. The van der Waals surface area contributed by atoms with Gasteiger partial charge in [-0.1, -0.05) is 45.7 Å². The van der Waals surface area contributed by atoms with Crippen molar-refractivity contribution < 1.29 is 9.50 Å². The molecule has 0 fully saturated rings. The van der Waals surface area contributed by atoms with Gasteiger partial charge in [-0.2, -0.15) is 0 Å². The van der Waals surface area contributed by atoms with E-state index in [0.29, 0.717) is 22.6 Å². The normalized spacial score (nSPS) is 12.4. The Hall–Kier alpha value is -0.900. The van der Waals surface area contributed by atoms with E-state index in [1.165, 1.54) is 12.1 Å². The first-order valence-electron chi connectivity index (χ1n) is 5.44. The van der Waals surface area contributed by atoms with Gasteiger partial charge in [-0.15, -0.1) is 0 Å². The fourth-order valence-corrected chi connectivity index (χ4v) is 2.43. The molecule has 0 aromatic heterocycles. The molecule has 18 heavy (non-hydrogen) atoms. The molecule has 0 amide bonds. The maximum absolute atomic E-state index is 13.2. The van der Waals surface area contributed by atoms with Gasteiger partial charge in [0.1, 0.15) is 5.82 Å². The number of halogens is 3. The second kappa shape index (κ2) is 5.83. The summed E-state index contributed by atoms with van der Waals surface area (Å²) in [5.41, 5.74) is 1.36. The number of hydrogen-bond donors (Lipinski definition) is 1. The summed E-state index contributed by atoms with van der Waals surface area (Å²) in [6.45, 7) is 0. The molecule has 94 valence electrons. The van der Waals surface area contributed by atoms with Crippen molar-refractivity contribution in [1.29, 1.82) is 0 Å². The molecule has 0 bridgehead atoms. The third kappa shape index (κ3) is 3.10. The lowest BCUT2D eigenvalue weighted by Crippen LogP contribution is -2.03. The molecule has 1 nitrogen and oxygen atoms in total. The van der Waals surface area contributed by atoms with Gasteiger partial charge >= 0.3 is 0 Å². The van der Waals surface area contributed by atoms with Gasteiger partial charge < -0.3 is 5.11 Å². The maximum atomic E-state index is 13.2. The van der Waals surface area contributed by atoms with Crippen LogP contribution < -0.4 is 0 Å². The molecular weight excluding hydrogens is 319 g/mol. The van der Waals surface area contributed by atoms with Crippen LogP contribution in [0.2, 0.25) is 5.02 Å². The highest BCUT2D eigenvalue weighted by atomic mass is 79.9. The number of aliphatic hydroxyl groups excluding tert-OH is 1. The second-order valence-corrected chi connectivity index (χ2v) is 5.24. The minimum absolute atomic E-state index is 0.308. The lowest BCUT2D eigenvalue weighted by molar-refractivity contribution is 0.178. The summed E-state index contributed by atoms with van der Waals surface area (Å²) >= 11 is 9.35. The fourth-order valence-electron chi connectivity index (χ4n) is 1.76. The Morgan fingerprint density at radius 2 is 1.94 bits per heavy atom. The molecule has 0 heterocycles. The van der Waals surface area contributed by atoms with Crippen LogP contribution in [0.25, 0.3) is 0 Å². The number of rotatable bonds is 3. The van der Waals surface area contributed by atoms with E-state index in [1.807, 2.05) is 6.07 Å². The van der Waals surface area contributed by atoms with E-state index in [4.69, 9.17) is 11.6 Å². The molecule has 0 aliphatic carbocycles. The van der Waals surface area contributed by atoms with Crippen molar-refractivity contribution in [2.24, 2.45) is 0 Å². The molecule has 1 unspecified atom stereocenters. The van der Waals surface area contributed by atoms with Gasteiger partial charge in [-0.05, 0) is 35.4 Å². The van der Waals surface area contributed by atoms with E-state index < -0.39 is 6.10 Å². The molecule has 2 rings (SSSR count). The predicted octanol–water partition coefficient (Wildman–Crippen LogP) is 4.52. The highest BCUT2D eigenvalue weighted by molar-refractivity contribution is 9.10. The molecule has 2 aromatic carbocycles. The lowest BCUT2D eigenvalue weighted by atomic mass is 10.0. The highest BCUT2D eigenvalue weighted by Crippen LogP contribution is 2.28. The van der Waals surface area contributed by atoms with E-state index in [1.54, 1.807) is 24.3 Å². The van der Waals surface area contributed by atoms with Crippen LogP contribution >= 0.6 is 27.5 Å². The van der Waals surface area contributed by atoms with E-state index in [0.717, 1.165) is 4.47 Å². The summed E-state index contributed by atoms with van der Waals surface area (Å²) in [5, 5.41) is 10.7. The van der Waals surface area contributed by atoms with Crippen LogP contribution in [0.5, 0.6) is 0 Å². The smallest absolute Gasteiger partial charge is 0.123 e. The molecule has 0 saturated carbocycles. The van der Waals surface area contributed by atoms with Gasteiger partial charge in [-0.25, -0.2) is 4.39 Å². The molecule has 0 spiro atoms. The third-order valence-electron chi connectivity index (χ3n) is 2.69. The van der Waals surface area contributed by atoms with Gasteiger partial charge in [0.05, 0.1) is 6.10 Å². The fraction of sp³-hybridized carbons (Fsp3) is 0.143. The van der Waals surface area contributed by atoms with E-state index >= 15 is 0 Å². The van der Waals surface area contributed by atoms with Crippen LogP contribution in [0.3, 0.4) is 0 Å². The SMILES string of the molecule is OC(Cc1cc(F)ccc1Br)c1ccccc1Cl. The van der Waals surface area contributed by atoms with Crippen molar-refractivity contribution in [2.45, 2.75) is 12.5 Å². The molecule has 2 aromatic rings. The molecule has 0 saturated heterocycles. The minimum atomic E-state index is -0.753. The van der Waals surface area contributed by atoms with E-state index in [9.17, 15) is 9.50 Å². The molecule has 1 N–H and O–H groups in total. The highest BCUT2D eigenvalue weighted by Gasteiger charge is 2.13. The zero-order valence-electron chi connectivity index (χ0n) is 9.41. The van der Waals surface area contributed by atoms with Gasteiger partial charge in [0.15, 0.2) is 0 Å². The van der Waals surface area contributed by atoms with Gasteiger partial charge in [0.25, 0.3) is 0 Å². The summed E-state index contributed by atoms with van der Waals surface area (Å²) in [7, 11) is 0. The number of aliphatic hydroxyl groups is 1. The molecular formula is C14H11BrClFO. The molecule has 0 aliphatic heterocycles. The number of benzene rings is 2. The first kappa shape index (κ1) is 13.5. The van der Waals surface area contributed by atoms with Crippen molar-refractivity contribution >= 4 is 27.5 Å². The summed E-state index contributed by atoms with van der Waals surface area (Å²) in [4.78, 5) is 0. The zero-order valence-corrected chi connectivity index (χ0v) is 11.7. The van der Waals surface area contributed by atoms with Crippen LogP contribution in [0.15, 0.2) is 46.9 Å². The maximum Gasteiger partial charge on any atom is 0.123 e. The standard InChI is InChI=1S/C14H11BrClFO/c15-12-6-5-10(17)7-9(12)8-14(18)11-3-1-2-4-13(11)16/h1-7,14,18H,8H2. The quantitative estimate of drug-likeness (QED) is 0.878. The Kier molecular flexibility index (Phi) is 4.38. The summed E-state index contributed by atoms with van der Waals surface area (Å²) in [5.74, 6) is -0.320. The van der Waals surface area contributed by atoms with Crippen LogP contribution in [-0.4, -0.2) is 5.11 Å². The Morgan fingerprint density at radius 3 is 2.67 bits per heavy atom. The Morgan fingerprint density at radius 1 is 1.22 bits per heavy atom. The molecule has 0 radical (unpaired) electrons. The second-order valence-electron chi connectivity index (χ2n) is 3.98. The van der Waals surface area contributed by atoms with Crippen molar-refractivity contribution in [2.75, 3.05) is 0 Å². The van der Waals surface area contributed by atoms with Crippen molar-refractivity contribution in [3.8, 4) is 0 Å². The van der Waals surface area contributed by atoms with Crippen LogP contribution in [0.4, 0.5) is 4.39 Å². The zero-order chi connectivity index (χ0) is 13.1. The van der Waals surface area contributed by atoms with Gasteiger partial charge in [0, 0.05) is 15.9 Å². The van der Waals surface area contributed by atoms with Gasteiger partial charge in [0.2, 0.25) is 0 Å². The Balaban J connectivity index is 2.24. The monoisotopic (exact) mass is 328 g/mol. The first-order chi connectivity index (χ1) is 8.58. The largest absolute Gasteiger partial charge is 0.388 e. The third-order valence-corrected chi connectivity index (χ3v) is 3.80. The Bertz CT molecular complexity index is 559. The van der Waals surface area contributed by atoms with Gasteiger partial charge in [-0.3, -0.25) is 0 Å². The lowest BCUT2D eigenvalue weighted by Gasteiger charge is -2.13. The van der Waals surface area contributed by atoms with E-state index in [-0.39, 0.29) is 5.82 Å². The van der Waals surface area contributed by atoms with Crippen molar-refractivity contribution in [1.82, 2.24) is 0 Å². The number of hydrogen-bond acceptors (Lipinski definition) is 1. The van der Waals surface area contributed by atoms with Crippen molar-refractivity contribution in [3.05, 3.63) is 68.9 Å². The average Bonchev–Trinajstić information content (AvgIpc) is 2.34. The Labute approximate surface area is 118 Å². The minimum Gasteiger partial charge on any atom is -0.388 e. The van der Waals surface area contributed by atoms with Crippen LogP contribution in [0, 0.1) is 5.82 Å². The molecule has 0 aliphatic rings. The molecule has 4 heteroatoms. The topological polar surface area (TPSA) is 20.2 Å². The van der Waals surface area contributed by atoms with Crippen LogP contribution in [0.1, 0.15) is 17.2 Å². The summed E-state index contributed by atoms with van der Waals surface area (Å²) in [6, 6.07) is 11.5. The van der Waals surface area contributed by atoms with Crippen LogP contribution in [-0.2, 0) is 6.42 Å². The molecule has 1 atom stereocenters. The predicted molar refractivity (Wildman–Crippen MR) is 74.2 cm³/mol. The summed E-state index contributed by atoms with van der Waals surface area (Å²) in [6.07, 6.45) is -0.445. The summed E-state index contributed by atoms with van der Waals surface area (Å²) < 4.78 is 13.9. The van der Waals surface area contributed by atoms with E-state index in [2.05, 4.69) is 15.9 Å². The average molecular weight is 330 g/mol.